The molecule has 2 aliphatic heterocycles. The highest BCUT2D eigenvalue weighted by atomic mass is 16.6. The van der Waals surface area contributed by atoms with Crippen molar-refractivity contribution in [1.29, 1.82) is 5.26 Å². The number of benzene rings is 1. The zero-order chi connectivity index (χ0) is 15.5. The fraction of sp³-hybridized carbons (Fsp3) is 0. The van der Waals surface area contributed by atoms with Gasteiger partial charge in [-0.15, -0.1) is 0 Å². The van der Waals surface area contributed by atoms with E-state index in [2.05, 4.69) is 4.99 Å². The van der Waals surface area contributed by atoms with E-state index in [1.165, 1.54) is 18.2 Å². The van der Waals surface area contributed by atoms with Crippen molar-refractivity contribution in [2.45, 2.75) is 0 Å². The van der Waals surface area contributed by atoms with E-state index in [4.69, 9.17) is 5.26 Å². The Morgan fingerprint density at radius 3 is 3.00 bits per heavy atom. The Balaban J connectivity index is 2.09. The van der Waals surface area contributed by atoms with E-state index in [1.54, 1.807) is 23.1 Å². The Morgan fingerprint density at radius 2 is 2.23 bits per heavy atom. The molecule has 0 radical (unpaired) electrons. The van der Waals surface area contributed by atoms with Crippen LogP contribution < -0.4 is 0 Å². The average Bonchev–Trinajstić information content (AvgIpc) is 2.55. The average molecular weight is 290 g/mol. The Labute approximate surface area is 126 Å². The maximum atomic E-state index is 10.9. The number of non-ortho nitro benzene ring substituents is 1. The Morgan fingerprint density at radius 1 is 1.36 bits per heavy atom. The Hall–Kier alpha value is -3.46. The maximum absolute atomic E-state index is 10.9. The van der Waals surface area contributed by atoms with Gasteiger partial charge in [0, 0.05) is 30.0 Å². The van der Waals surface area contributed by atoms with Crippen LogP contribution in [0.3, 0.4) is 0 Å². The molecule has 0 atom stereocenters. The van der Waals surface area contributed by atoms with Crippen molar-refractivity contribution in [2.24, 2.45) is 4.99 Å². The quantitative estimate of drug-likeness (QED) is 0.476. The Bertz CT molecular complexity index is 838. The first kappa shape index (κ1) is 13.5. The second-order valence-electron chi connectivity index (χ2n) is 4.58. The van der Waals surface area contributed by atoms with Gasteiger partial charge in [-0.2, -0.15) is 5.26 Å². The minimum Gasteiger partial charge on any atom is -0.301 e. The molecule has 3 rings (SSSR count). The third-order valence-corrected chi connectivity index (χ3v) is 3.20. The molecule has 22 heavy (non-hydrogen) atoms. The van der Waals surface area contributed by atoms with E-state index < -0.39 is 4.92 Å². The molecule has 0 aliphatic carbocycles. The number of nitriles is 1. The van der Waals surface area contributed by atoms with Gasteiger partial charge >= 0.3 is 0 Å². The summed E-state index contributed by atoms with van der Waals surface area (Å²) >= 11 is 0. The van der Waals surface area contributed by atoms with Gasteiger partial charge in [-0.1, -0.05) is 18.2 Å². The number of amidine groups is 1. The predicted molar refractivity (Wildman–Crippen MR) is 82.3 cm³/mol. The maximum Gasteiger partial charge on any atom is 0.270 e. The fourth-order valence-electron chi connectivity index (χ4n) is 2.21. The molecule has 6 heteroatoms. The minimum absolute atomic E-state index is 0.00549. The van der Waals surface area contributed by atoms with Crippen LogP contribution in [0.1, 0.15) is 5.56 Å². The van der Waals surface area contributed by atoms with Crippen molar-refractivity contribution in [2.75, 3.05) is 0 Å². The molecular weight excluding hydrogens is 280 g/mol. The number of rotatable bonds is 2. The summed E-state index contributed by atoms with van der Waals surface area (Å²) in [5.41, 5.74) is 1.88. The highest BCUT2D eigenvalue weighted by molar-refractivity contribution is 6.02. The fourth-order valence-corrected chi connectivity index (χ4v) is 2.21. The summed E-state index contributed by atoms with van der Waals surface area (Å²) in [4.78, 5) is 16.7. The molecule has 1 aromatic rings. The van der Waals surface area contributed by atoms with Crippen LogP contribution >= 0.6 is 0 Å². The smallest absolute Gasteiger partial charge is 0.270 e. The number of hydrogen-bond donors (Lipinski definition) is 0. The number of allylic oxidation sites excluding steroid dienone is 4. The van der Waals surface area contributed by atoms with Crippen LogP contribution in [0.5, 0.6) is 0 Å². The first-order chi connectivity index (χ1) is 10.7. The molecule has 1 aromatic carbocycles. The van der Waals surface area contributed by atoms with Gasteiger partial charge in [-0.3, -0.25) is 10.1 Å². The van der Waals surface area contributed by atoms with Crippen LogP contribution in [-0.2, 0) is 0 Å². The molecular formula is C16H10N4O2. The monoisotopic (exact) mass is 290 g/mol. The van der Waals surface area contributed by atoms with Gasteiger partial charge < -0.3 is 4.90 Å². The first-order valence-corrected chi connectivity index (χ1v) is 6.48. The lowest BCUT2D eigenvalue weighted by molar-refractivity contribution is -0.384. The number of nitrogens with zero attached hydrogens (tertiary/aromatic N) is 4. The molecule has 2 aliphatic rings. The molecule has 0 amide bonds. The molecule has 0 bridgehead atoms. The summed E-state index contributed by atoms with van der Waals surface area (Å²) in [6.07, 6.45) is 10.5. The summed E-state index contributed by atoms with van der Waals surface area (Å²) < 4.78 is 0. The number of fused-ring (bicyclic) bond motifs is 1. The van der Waals surface area contributed by atoms with Gasteiger partial charge in [-0.05, 0) is 18.2 Å². The first-order valence-electron chi connectivity index (χ1n) is 6.48. The summed E-state index contributed by atoms with van der Waals surface area (Å²) in [6.45, 7) is 0. The van der Waals surface area contributed by atoms with Gasteiger partial charge in [-0.25, -0.2) is 4.99 Å². The van der Waals surface area contributed by atoms with Crippen molar-refractivity contribution in [3.05, 3.63) is 82.2 Å². The molecule has 0 spiro atoms. The zero-order valence-electron chi connectivity index (χ0n) is 11.4. The van der Waals surface area contributed by atoms with Crippen LogP contribution in [0, 0.1) is 21.4 Å². The third kappa shape index (κ3) is 2.43. The van der Waals surface area contributed by atoms with Crippen molar-refractivity contribution >= 4 is 17.2 Å². The summed E-state index contributed by atoms with van der Waals surface area (Å²) in [5.74, 6) is 0.660. The van der Waals surface area contributed by atoms with Gasteiger partial charge in [0.15, 0.2) is 0 Å². The number of nitro benzene ring substituents is 1. The van der Waals surface area contributed by atoms with E-state index in [1.807, 2.05) is 30.5 Å². The number of hydrogen-bond acceptors (Lipinski definition) is 5. The van der Waals surface area contributed by atoms with Crippen molar-refractivity contribution < 1.29 is 4.92 Å². The summed E-state index contributed by atoms with van der Waals surface area (Å²) in [5, 5.41) is 19.8. The highest BCUT2D eigenvalue weighted by Crippen LogP contribution is 2.28. The lowest BCUT2D eigenvalue weighted by Gasteiger charge is -2.27. The van der Waals surface area contributed by atoms with E-state index in [-0.39, 0.29) is 5.69 Å². The van der Waals surface area contributed by atoms with Gasteiger partial charge in [0.25, 0.3) is 5.69 Å². The summed E-state index contributed by atoms with van der Waals surface area (Å²) in [7, 11) is 0. The molecule has 0 aromatic heterocycles. The largest absolute Gasteiger partial charge is 0.301 e. The van der Waals surface area contributed by atoms with Crippen LogP contribution in [-0.4, -0.2) is 15.7 Å². The lowest BCUT2D eigenvalue weighted by atomic mass is 10.1. The second kappa shape index (κ2) is 5.50. The van der Waals surface area contributed by atoms with Crippen LogP contribution in [0.4, 0.5) is 5.69 Å². The van der Waals surface area contributed by atoms with E-state index in [0.29, 0.717) is 22.8 Å². The Kier molecular flexibility index (Phi) is 3.38. The standard InChI is InChI=1S/C16H10N4O2/c17-8-7-13-11-15(18-16-6-1-2-9-19(13)16)12-4-3-5-14(10-12)20(21)22/h1-7,9-11H/b13-7+. The van der Waals surface area contributed by atoms with Crippen LogP contribution in [0.15, 0.2) is 71.5 Å². The SMILES string of the molecule is N#C/C=C1\C=C(c2cccc([N+](=O)[O-])c2)N=C2C=CC=CN21. The normalized spacial score (nSPS) is 17.6. The van der Waals surface area contributed by atoms with Gasteiger partial charge in [0.2, 0.25) is 0 Å². The topological polar surface area (TPSA) is 82.5 Å². The zero-order valence-corrected chi connectivity index (χ0v) is 11.4. The predicted octanol–water partition coefficient (Wildman–Crippen LogP) is 3.14. The van der Waals surface area contributed by atoms with E-state index in [9.17, 15) is 10.1 Å². The molecule has 6 nitrogen and oxygen atoms in total. The molecule has 0 saturated carbocycles. The number of aliphatic imine (C=N–C) groups is 1. The second-order valence-corrected chi connectivity index (χ2v) is 4.58. The minimum atomic E-state index is -0.443. The third-order valence-electron chi connectivity index (χ3n) is 3.20. The van der Waals surface area contributed by atoms with Gasteiger partial charge in [0.1, 0.15) is 5.84 Å². The van der Waals surface area contributed by atoms with Crippen molar-refractivity contribution in [3.8, 4) is 6.07 Å². The molecule has 0 fully saturated rings. The molecule has 0 saturated heterocycles. The van der Waals surface area contributed by atoms with Gasteiger partial charge in [0.05, 0.1) is 22.4 Å². The van der Waals surface area contributed by atoms with E-state index >= 15 is 0 Å². The lowest BCUT2D eigenvalue weighted by Crippen LogP contribution is -2.26. The van der Waals surface area contributed by atoms with E-state index in [0.717, 1.165) is 0 Å². The number of nitro groups is 1. The van der Waals surface area contributed by atoms with Crippen LogP contribution in [0.25, 0.3) is 5.70 Å². The molecule has 0 unspecified atom stereocenters. The molecule has 2 heterocycles. The summed E-state index contributed by atoms with van der Waals surface area (Å²) in [6, 6.07) is 8.28. The van der Waals surface area contributed by atoms with Crippen molar-refractivity contribution in [3.63, 3.8) is 0 Å². The molecule has 106 valence electrons. The van der Waals surface area contributed by atoms with Crippen LogP contribution in [0.2, 0.25) is 0 Å². The van der Waals surface area contributed by atoms with Crippen molar-refractivity contribution in [1.82, 2.24) is 4.90 Å². The molecule has 0 N–H and O–H groups in total. The highest BCUT2D eigenvalue weighted by Gasteiger charge is 2.20.